The largest absolute Gasteiger partial charge is 0.481 e. The van der Waals surface area contributed by atoms with Crippen molar-refractivity contribution in [3.63, 3.8) is 0 Å². The van der Waals surface area contributed by atoms with Crippen LogP contribution in [0.3, 0.4) is 0 Å². The van der Waals surface area contributed by atoms with Gasteiger partial charge in [0.15, 0.2) is 0 Å². The molecule has 0 heterocycles. The minimum atomic E-state index is 0.256. The van der Waals surface area contributed by atoms with Gasteiger partial charge >= 0.3 is 0 Å². The van der Waals surface area contributed by atoms with Crippen LogP contribution >= 0.6 is 11.6 Å². The molecule has 0 unspecified atom stereocenters. The smallest absolute Gasteiger partial charge is 0.212 e. The summed E-state index contributed by atoms with van der Waals surface area (Å²) in [5.41, 5.74) is 0. The van der Waals surface area contributed by atoms with Gasteiger partial charge in [0, 0.05) is 6.08 Å². The van der Waals surface area contributed by atoms with Gasteiger partial charge in [0.1, 0.15) is 5.16 Å². The summed E-state index contributed by atoms with van der Waals surface area (Å²) in [5, 5.41) is 3.09. The Morgan fingerprint density at radius 2 is 2.42 bits per heavy atom. The molecule has 0 bridgehead atoms. The fourth-order valence-electron chi connectivity index (χ4n) is 0.474. The molecule has 0 aromatic carbocycles. The van der Waals surface area contributed by atoms with Gasteiger partial charge in [0.2, 0.25) is 5.90 Å². The molecule has 0 aromatic heterocycles. The van der Waals surface area contributed by atoms with Crippen LogP contribution in [0.2, 0.25) is 0 Å². The van der Waals surface area contributed by atoms with Crippen LogP contribution in [0, 0.1) is 0 Å². The van der Waals surface area contributed by atoms with Crippen molar-refractivity contribution >= 4 is 24.2 Å². The maximum atomic E-state index is 5.57. The zero-order valence-electron chi connectivity index (χ0n) is 7.17. The molecule has 0 radical (unpaired) electrons. The molecule has 0 aliphatic heterocycles. The molecule has 0 saturated heterocycles. The summed E-state index contributed by atoms with van der Waals surface area (Å²) in [5.74, 6) is 0.418. The van der Waals surface area contributed by atoms with E-state index in [2.05, 4.69) is 22.0 Å². The second-order valence-corrected chi connectivity index (χ2v) is 2.22. The summed E-state index contributed by atoms with van der Waals surface area (Å²) in [6, 6.07) is 0. The van der Waals surface area contributed by atoms with Gasteiger partial charge in [-0.2, -0.15) is 0 Å². The average Bonchev–Trinajstić information content (AvgIpc) is 2.11. The van der Waals surface area contributed by atoms with Gasteiger partial charge in [-0.25, -0.2) is 4.99 Å². The first-order valence-corrected chi connectivity index (χ1v) is 3.69. The summed E-state index contributed by atoms with van der Waals surface area (Å²) in [6.45, 7) is 3.73. The maximum Gasteiger partial charge on any atom is 0.212 e. The number of ether oxygens (including phenoxy) is 1. The van der Waals surface area contributed by atoms with E-state index in [1.165, 1.54) is 13.2 Å². The lowest BCUT2D eigenvalue weighted by Gasteiger charge is -1.98. The average molecular weight is 190 g/mol. The molecular weight excluding hydrogens is 178 g/mol. The van der Waals surface area contributed by atoms with Gasteiger partial charge in [-0.15, -0.1) is 0 Å². The number of nitrogens with one attached hydrogen (secondary N) is 1. The lowest BCUT2D eigenvalue weighted by molar-refractivity contribution is 0.404. The first-order chi connectivity index (χ1) is 5.74. The first kappa shape index (κ1) is 11.1. The van der Waals surface area contributed by atoms with E-state index in [0.717, 1.165) is 0 Å². The Kier molecular flexibility index (Phi) is 6.32. The normalized spacial score (nSPS) is 12.9. The fraction of sp³-hybridized carbons (Fsp3) is 0.429. The Bertz CT molecular complexity index is 201. The molecule has 68 valence electrons. The molecule has 4 nitrogen and oxygen atoms in total. The van der Waals surface area contributed by atoms with Crippen molar-refractivity contribution in [2.45, 2.75) is 0 Å². The molecule has 0 spiro atoms. The summed E-state index contributed by atoms with van der Waals surface area (Å²) >= 11 is 5.57. The molecule has 5 heteroatoms. The number of aliphatic imine (C=N–C) groups is 2. The summed E-state index contributed by atoms with van der Waals surface area (Å²) in [7, 11) is 3.30. The summed E-state index contributed by atoms with van der Waals surface area (Å²) < 4.78 is 4.89. The molecule has 12 heavy (non-hydrogen) atoms. The fourth-order valence-corrected chi connectivity index (χ4v) is 0.567. The van der Waals surface area contributed by atoms with E-state index in [4.69, 9.17) is 16.3 Å². The number of rotatable bonds is 4. The SMILES string of the molecule is C=N/C(Cl)=C\C(=N/CNC)OC. The zero-order chi connectivity index (χ0) is 9.40. The molecule has 0 amide bonds. The van der Waals surface area contributed by atoms with Crippen LogP contribution in [0.1, 0.15) is 0 Å². The highest BCUT2D eigenvalue weighted by molar-refractivity contribution is 6.31. The third-order valence-electron chi connectivity index (χ3n) is 0.996. The van der Waals surface area contributed by atoms with Gasteiger partial charge in [-0.1, -0.05) is 11.6 Å². The Hall–Kier alpha value is -0.870. The van der Waals surface area contributed by atoms with E-state index >= 15 is 0 Å². The first-order valence-electron chi connectivity index (χ1n) is 3.31. The molecule has 0 aliphatic carbocycles. The predicted octanol–water partition coefficient (Wildman–Crippen LogP) is 0.989. The standard InChI is InChI=1S/C7H12ClN3O/c1-9-5-11-7(12-3)4-6(8)10-2/h4,9H,2,5H2,1,3H3/b6-4-,11-7+. The summed E-state index contributed by atoms with van der Waals surface area (Å²) in [6.07, 6.45) is 1.49. The van der Waals surface area contributed by atoms with Crippen LogP contribution in [-0.4, -0.2) is 33.4 Å². The second kappa shape index (κ2) is 6.82. The molecule has 0 aliphatic rings. The number of hydrogen-bond donors (Lipinski definition) is 1. The minimum absolute atomic E-state index is 0.256. The monoisotopic (exact) mass is 189 g/mol. The van der Waals surface area contributed by atoms with Crippen molar-refractivity contribution in [2.24, 2.45) is 9.98 Å². The zero-order valence-corrected chi connectivity index (χ0v) is 7.93. The van der Waals surface area contributed by atoms with Crippen LogP contribution < -0.4 is 5.32 Å². The second-order valence-electron chi connectivity index (χ2n) is 1.84. The maximum absolute atomic E-state index is 5.57. The van der Waals surface area contributed by atoms with Crippen molar-refractivity contribution in [1.29, 1.82) is 0 Å². The molecule has 0 saturated carbocycles. The lowest BCUT2D eigenvalue weighted by atomic mass is 10.6. The Labute approximate surface area is 77.0 Å². The minimum Gasteiger partial charge on any atom is -0.481 e. The number of hydrogen-bond acceptors (Lipinski definition) is 4. The van der Waals surface area contributed by atoms with E-state index in [1.54, 1.807) is 7.05 Å². The van der Waals surface area contributed by atoms with Crippen LogP contribution in [0.5, 0.6) is 0 Å². The van der Waals surface area contributed by atoms with E-state index in [1.807, 2.05) is 0 Å². The number of halogens is 1. The molecule has 0 atom stereocenters. The van der Waals surface area contributed by atoms with Gasteiger partial charge in [-0.3, -0.25) is 4.99 Å². The number of methoxy groups -OCH3 is 1. The van der Waals surface area contributed by atoms with Crippen molar-refractivity contribution in [3.05, 3.63) is 11.2 Å². The van der Waals surface area contributed by atoms with E-state index in [9.17, 15) is 0 Å². The van der Waals surface area contributed by atoms with Crippen LogP contribution in [0.15, 0.2) is 21.2 Å². The van der Waals surface area contributed by atoms with E-state index in [0.29, 0.717) is 12.6 Å². The Balaban J connectivity index is 4.24. The number of nitrogens with zero attached hydrogens (tertiary/aromatic N) is 2. The highest BCUT2D eigenvalue weighted by atomic mass is 35.5. The quantitative estimate of drug-likeness (QED) is 0.407. The van der Waals surface area contributed by atoms with Crippen LogP contribution in [0.4, 0.5) is 0 Å². The van der Waals surface area contributed by atoms with Crippen molar-refractivity contribution in [2.75, 3.05) is 20.8 Å². The third-order valence-corrected chi connectivity index (χ3v) is 1.22. The van der Waals surface area contributed by atoms with Crippen LogP contribution in [-0.2, 0) is 4.74 Å². The lowest BCUT2D eigenvalue weighted by Crippen LogP contribution is -2.08. The molecular formula is C7H12ClN3O. The molecule has 0 aromatic rings. The highest BCUT2D eigenvalue weighted by Crippen LogP contribution is 2.01. The van der Waals surface area contributed by atoms with Gasteiger partial charge < -0.3 is 10.1 Å². The molecule has 1 N–H and O–H groups in total. The van der Waals surface area contributed by atoms with Crippen LogP contribution in [0.25, 0.3) is 0 Å². The van der Waals surface area contributed by atoms with Crippen molar-refractivity contribution < 1.29 is 4.74 Å². The van der Waals surface area contributed by atoms with Gasteiger partial charge in [-0.05, 0) is 13.8 Å². The molecule has 0 fully saturated rings. The molecule has 0 rings (SSSR count). The van der Waals surface area contributed by atoms with Gasteiger partial charge in [0.25, 0.3) is 0 Å². The highest BCUT2D eigenvalue weighted by Gasteiger charge is 1.93. The van der Waals surface area contributed by atoms with E-state index < -0.39 is 0 Å². The van der Waals surface area contributed by atoms with Crippen molar-refractivity contribution in [1.82, 2.24) is 5.32 Å². The predicted molar refractivity (Wildman–Crippen MR) is 51.9 cm³/mol. The third kappa shape index (κ3) is 4.87. The van der Waals surface area contributed by atoms with Crippen molar-refractivity contribution in [3.8, 4) is 0 Å². The van der Waals surface area contributed by atoms with Gasteiger partial charge in [0.05, 0.1) is 13.8 Å². The topological polar surface area (TPSA) is 46.0 Å². The van der Waals surface area contributed by atoms with E-state index in [-0.39, 0.29) is 5.16 Å². The summed E-state index contributed by atoms with van der Waals surface area (Å²) in [4.78, 5) is 7.46. The Morgan fingerprint density at radius 3 is 2.83 bits per heavy atom. The Morgan fingerprint density at radius 1 is 1.75 bits per heavy atom.